The Balaban J connectivity index is 0.0000144. The van der Waals surface area contributed by atoms with Crippen molar-refractivity contribution >= 4 is 35.2 Å². The third-order valence-corrected chi connectivity index (χ3v) is 15.9. The first-order valence-corrected chi connectivity index (χ1v) is 26.4. The van der Waals surface area contributed by atoms with E-state index in [0.717, 1.165) is 10.5 Å². The minimum Gasteiger partial charge on any atom is -0.460 e. The summed E-state index contributed by atoms with van der Waals surface area (Å²) in [6, 6.07) is -1.20. The summed E-state index contributed by atoms with van der Waals surface area (Å²) in [5, 5.41) is 43.1. The second kappa shape index (κ2) is 29.5. The van der Waals surface area contributed by atoms with Gasteiger partial charge in [-0.25, -0.2) is 4.79 Å². The molecule has 1 amide bonds. The molecule has 0 aromatic rings. The normalized spacial score (nSPS) is 35.8. The van der Waals surface area contributed by atoms with Crippen molar-refractivity contribution in [1.82, 2.24) is 4.90 Å². The summed E-state index contributed by atoms with van der Waals surface area (Å²) in [6.07, 6.45) is 9.76. The standard InChI is InChI=1S/C56H87NO16.CH4/c1-33-17-13-12-14-18-34(2)45(68-9)29-41-22-20-39(7)56(67,73-41)51(63)52(64)57-24-16-15-19-42(57)53(65)71-46(30-43(60)35(3)26-38(6)49(62)50(70-11)48(61)37(5)25-33)36(4)27-40-21-23-44(47(28-40)69-10)72-54(66)55(8,31-58)32-59;/h12-14,17-18,26,33,35-37,39-42,44-47,49-50,58-59,62,67H,15-16,19-25,27-32H2,1-11H3;1H4/b14-12?,17-13+,34-18?,38-26+;/t33?,35?,36?,37?,39-,40?,41?,42?,44?,45?,46?,47?,49?,50?,56?;/m0./s1. The molecule has 17 heteroatoms. The van der Waals surface area contributed by atoms with Crippen molar-refractivity contribution in [2.24, 2.45) is 40.9 Å². The highest BCUT2D eigenvalue weighted by Crippen LogP contribution is 2.38. The highest BCUT2D eigenvalue weighted by atomic mass is 16.6. The van der Waals surface area contributed by atoms with Crippen LogP contribution < -0.4 is 0 Å². The number of hydrogen-bond donors (Lipinski definition) is 4. The van der Waals surface area contributed by atoms with E-state index in [4.69, 9.17) is 28.4 Å². The van der Waals surface area contributed by atoms with Crippen molar-refractivity contribution in [3.63, 3.8) is 0 Å². The summed E-state index contributed by atoms with van der Waals surface area (Å²) in [7, 11) is 4.43. The minimum atomic E-state index is -2.47. The zero-order valence-electron chi connectivity index (χ0n) is 45.3. The zero-order chi connectivity index (χ0) is 54.4. The number of aliphatic hydroxyl groups excluding tert-OH is 3. The number of carbonyl (C=O) groups is 6. The number of Topliss-reactive ketones (excluding diaryl/α,β-unsaturated/α-hetero) is 3. The maximum atomic E-state index is 14.5. The number of allylic oxidation sites excluding steroid dienone is 6. The van der Waals surface area contributed by atoms with E-state index < -0.39 is 120 Å². The van der Waals surface area contributed by atoms with E-state index in [1.165, 1.54) is 21.1 Å². The third kappa shape index (κ3) is 16.5. The smallest absolute Gasteiger partial charge is 0.329 e. The zero-order valence-corrected chi connectivity index (χ0v) is 45.3. The Kier molecular flexibility index (Phi) is 25.7. The number of ketones is 3. The number of fused-ring (bicyclic) bond motifs is 3. The van der Waals surface area contributed by atoms with Gasteiger partial charge in [-0.1, -0.05) is 78.5 Å². The average molecular weight is 1050 g/mol. The van der Waals surface area contributed by atoms with Gasteiger partial charge in [0.2, 0.25) is 5.79 Å². The first-order valence-electron chi connectivity index (χ1n) is 26.4. The highest BCUT2D eigenvalue weighted by Gasteiger charge is 2.53. The van der Waals surface area contributed by atoms with Crippen LogP contribution in [0.1, 0.15) is 140 Å². The molecule has 14 unspecified atom stereocenters. The molecule has 3 fully saturated rings. The van der Waals surface area contributed by atoms with Crippen molar-refractivity contribution in [3.05, 3.63) is 47.6 Å². The van der Waals surface area contributed by atoms with Gasteiger partial charge in [-0.05, 0) is 114 Å². The van der Waals surface area contributed by atoms with Gasteiger partial charge < -0.3 is 53.7 Å². The Morgan fingerprint density at radius 2 is 1.55 bits per heavy atom. The fourth-order valence-electron chi connectivity index (χ4n) is 10.7. The summed E-state index contributed by atoms with van der Waals surface area (Å²) < 4.78 is 35.4. The van der Waals surface area contributed by atoms with E-state index in [9.17, 15) is 49.2 Å². The van der Waals surface area contributed by atoms with Gasteiger partial charge in [-0.3, -0.25) is 24.0 Å². The molecule has 74 heavy (non-hydrogen) atoms. The second-order valence-corrected chi connectivity index (χ2v) is 21.8. The maximum Gasteiger partial charge on any atom is 0.329 e. The van der Waals surface area contributed by atoms with Crippen LogP contribution in [0.15, 0.2) is 47.6 Å². The van der Waals surface area contributed by atoms with Crippen LogP contribution in [0.4, 0.5) is 0 Å². The molecule has 0 aromatic carbocycles. The van der Waals surface area contributed by atoms with Crippen LogP contribution in [0.5, 0.6) is 0 Å². The molecule has 1 aliphatic carbocycles. The number of carbonyl (C=O) groups excluding carboxylic acids is 6. The molecule has 4 N–H and O–H groups in total. The molecule has 420 valence electrons. The van der Waals surface area contributed by atoms with Gasteiger partial charge in [0, 0.05) is 58.5 Å². The molecule has 15 atom stereocenters. The molecule has 3 heterocycles. The van der Waals surface area contributed by atoms with Gasteiger partial charge in [0.1, 0.15) is 41.7 Å². The number of nitrogens with zero attached hydrogens (tertiary/aromatic N) is 1. The van der Waals surface area contributed by atoms with E-state index in [-0.39, 0.29) is 50.2 Å². The predicted molar refractivity (Wildman–Crippen MR) is 278 cm³/mol. The van der Waals surface area contributed by atoms with E-state index in [1.54, 1.807) is 40.9 Å². The van der Waals surface area contributed by atoms with Crippen molar-refractivity contribution in [3.8, 4) is 0 Å². The van der Waals surface area contributed by atoms with Crippen LogP contribution in [0.25, 0.3) is 0 Å². The molecular formula is C57H91NO16. The fourth-order valence-corrected chi connectivity index (χ4v) is 10.7. The molecule has 17 nitrogen and oxygen atoms in total. The van der Waals surface area contributed by atoms with Crippen molar-refractivity contribution < 1.29 is 77.6 Å². The molecule has 4 rings (SSSR count). The summed E-state index contributed by atoms with van der Waals surface area (Å²) in [5.41, 5.74) is -0.277. The largest absolute Gasteiger partial charge is 0.460 e. The topological polar surface area (TPSA) is 242 Å². The lowest BCUT2D eigenvalue weighted by Gasteiger charge is -2.42. The quantitative estimate of drug-likeness (QED) is 0.106. The summed E-state index contributed by atoms with van der Waals surface area (Å²) in [6.45, 7) is 12.7. The van der Waals surface area contributed by atoms with Gasteiger partial charge >= 0.3 is 11.9 Å². The third-order valence-electron chi connectivity index (χ3n) is 15.9. The Morgan fingerprint density at radius 1 is 0.865 bits per heavy atom. The summed E-state index contributed by atoms with van der Waals surface area (Å²) in [4.78, 5) is 85.4. The average Bonchev–Trinajstić information content (AvgIpc) is 3.37. The SMILES string of the molecule is C.COC1CC2CC[C@H](C)C(O)(O2)C(=O)C(=O)N2CCCCC2C(=O)OC(C(C)CC2CCC(OC(=O)C(C)(CO)CO)C(OC)C2)CC(=O)C(C)/C=C(\C)C(O)C(OC)C(=O)C(C)CC(C)/C=C/C=CC=C1C. The Morgan fingerprint density at radius 3 is 2.19 bits per heavy atom. The number of aliphatic hydroxyl groups is 4. The summed E-state index contributed by atoms with van der Waals surface area (Å²) >= 11 is 0. The van der Waals surface area contributed by atoms with Crippen LogP contribution in [-0.4, -0.2) is 156 Å². The van der Waals surface area contributed by atoms with E-state index in [2.05, 4.69) is 0 Å². The Bertz CT molecular complexity index is 2010. The number of methoxy groups -OCH3 is 3. The maximum absolute atomic E-state index is 14.5. The van der Waals surface area contributed by atoms with Crippen molar-refractivity contribution in [2.45, 2.75) is 194 Å². The van der Waals surface area contributed by atoms with Crippen molar-refractivity contribution in [2.75, 3.05) is 41.1 Å². The Labute approximate surface area is 440 Å². The van der Waals surface area contributed by atoms with E-state index in [1.807, 2.05) is 51.2 Å². The predicted octanol–water partition coefficient (Wildman–Crippen LogP) is 6.36. The van der Waals surface area contributed by atoms with Crippen LogP contribution in [0.2, 0.25) is 0 Å². The lowest BCUT2D eigenvalue weighted by molar-refractivity contribution is -0.265. The second-order valence-electron chi connectivity index (χ2n) is 21.8. The number of rotatable bonds is 10. The van der Waals surface area contributed by atoms with Gasteiger partial charge in [0.05, 0.1) is 31.5 Å². The van der Waals surface area contributed by atoms with Gasteiger partial charge in [0.15, 0.2) is 5.78 Å². The number of esters is 2. The number of cyclic esters (lactones) is 1. The van der Waals surface area contributed by atoms with Crippen LogP contribution >= 0.6 is 0 Å². The molecule has 2 saturated heterocycles. The van der Waals surface area contributed by atoms with Gasteiger partial charge in [0.25, 0.3) is 11.7 Å². The van der Waals surface area contributed by atoms with E-state index >= 15 is 0 Å². The number of ether oxygens (including phenoxy) is 6. The molecular weight excluding hydrogens is 955 g/mol. The first kappa shape index (κ1) is 64.3. The number of hydrogen-bond acceptors (Lipinski definition) is 16. The first-order chi connectivity index (χ1) is 34.5. The lowest BCUT2D eigenvalue weighted by Crippen LogP contribution is -2.61. The van der Waals surface area contributed by atoms with Crippen LogP contribution in [0, 0.1) is 40.9 Å². The monoisotopic (exact) mass is 1050 g/mol. The van der Waals surface area contributed by atoms with Crippen LogP contribution in [-0.2, 0) is 57.2 Å². The lowest BCUT2D eigenvalue weighted by atomic mass is 9.78. The molecule has 0 aromatic heterocycles. The Hall–Kier alpha value is -3.94. The van der Waals surface area contributed by atoms with Gasteiger partial charge in [-0.15, -0.1) is 0 Å². The minimum absolute atomic E-state index is 0. The van der Waals surface area contributed by atoms with Gasteiger partial charge in [-0.2, -0.15) is 0 Å². The fraction of sp³-hybridized carbons (Fsp3) is 0.754. The molecule has 0 spiro atoms. The molecule has 3 aliphatic heterocycles. The molecule has 4 aliphatic rings. The van der Waals surface area contributed by atoms with Crippen LogP contribution in [0.3, 0.4) is 0 Å². The number of piperidine rings is 1. The molecule has 1 saturated carbocycles. The molecule has 0 radical (unpaired) electrons. The van der Waals surface area contributed by atoms with E-state index in [0.29, 0.717) is 69.8 Å². The summed E-state index contributed by atoms with van der Waals surface area (Å²) in [5.74, 6) is -9.36. The highest BCUT2D eigenvalue weighted by molar-refractivity contribution is 6.39. The molecule has 2 bridgehead atoms. The van der Waals surface area contributed by atoms with Crippen molar-refractivity contribution in [1.29, 1.82) is 0 Å². The number of amides is 1.